The molecule has 1 N–H and O–H groups in total. The lowest BCUT2D eigenvalue weighted by atomic mass is 10.1. The van der Waals surface area contributed by atoms with E-state index in [1.54, 1.807) is 0 Å². The maximum atomic E-state index is 10.3. The summed E-state index contributed by atoms with van der Waals surface area (Å²) in [5, 5.41) is 10.3. The van der Waals surface area contributed by atoms with Crippen LogP contribution >= 0.6 is 0 Å². The predicted octanol–water partition coefficient (Wildman–Crippen LogP) is 1.37. The smallest absolute Gasteiger partial charge is 0.119 e. The van der Waals surface area contributed by atoms with Crippen molar-refractivity contribution in [2.45, 2.75) is 13.0 Å². The highest BCUT2D eigenvalue weighted by molar-refractivity contribution is 5.28. The Balaban J connectivity index is 1.86. The molecule has 1 aliphatic rings. The molecule has 1 heterocycles. The number of rotatable bonds is 5. The van der Waals surface area contributed by atoms with Crippen LogP contribution in [0.25, 0.3) is 0 Å². The van der Waals surface area contributed by atoms with Crippen molar-refractivity contribution < 1.29 is 9.84 Å². The van der Waals surface area contributed by atoms with E-state index in [0.717, 1.165) is 37.5 Å². The summed E-state index contributed by atoms with van der Waals surface area (Å²) >= 11 is 0. The quantitative estimate of drug-likeness (QED) is 0.871. The molecular weight excluding hydrogens is 240 g/mol. The molecule has 0 aliphatic carbocycles. The summed E-state index contributed by atoms with van der Waals surface area (Å²) in [6.45, 7) is 7.57. The van der Waals surface area contributed by atoms with Gasteiger partial charge in [-0.15, -0.1) is 0 Å². The normalized spacial score (nSPS) is 19.3. The summed E-state index contributed by atoms with van der Waals surface area (Å²) in [7, 11) is 2.14. The van der Waals surface area contributed by atoms with Gasteiger partial charge in [0.15, 0.2) is 0 Å². The van der Waals surface area contributed by atoms with Crippen molar-refractivity contribution >= 4 is 0 Å². The van der Waals surface area contributed by atoms with Crippen LogP contribution in [0.4, 0.5) is 0 Å². The largest absolute Gasteiger partial charge is 0.494 e. The number of β-amino-alcohol motifs (C(OH)–C–C–N with tert-alkyl or cyclic N) is 1. The number of hydrogen-bond acceptors (Lipinski definition) is 4. The number of aliphatic hydroxyl groups is 1. The molecule has 2 rings (SSSR count). The van der Waals surface area contributed by atoms with E-state index in [1.165, 1.54) is 0 Å². The first-order valence-corrected chi connectivity index (χ1v) is 7.00. The fourth-order valence-electron chi connectivity index (χ4n) is 2.33. The van der Waals surface area contributed by atoms with E-state index in [-0.39, 0.29) is 0 Å². The maximum Gasteiger partial charge on any atom is 0.119 e. The molecule has 19 heavy (non-hydrogen) atoms. The predicted molar refractivity (Wildman–Crippen MR) is 76.5 cm³/mol. The van der Waals surface area contributed by atoms with Gasteiger partial charge in [0.2, 0.25) is 0 Å². The van der Waals surface area contributed by atoms with E-state index in [4.69, 9.17) is 4.74 Å². The average molecular weight is 264 g/mol. The van der Waals surface area contributed by atoms with Crippen LogP contribution in [0.15, 0.2) is 24.3 Å². The number of likely N-dealkylation sites (N-methyl/N-ethyl adjacent to an activating group) is 1. The zero-order chi connectivity index (χ0) is 13.7. The first kappa shape index (κ1) is 14.3. The van der Waals surface area contributed by atoms with Gasteiger partial charge >= 0.3 is 0 Å². The second-order valence-corrected chi connectivity index (χ2v) is 5.12. The fraction of sp³-hybridized carbons (Fsp3) is 0.600. The molecule has 0 bridgehead atoms. The first-order valence-electron chi connectivity index (χ1n) is 7.00. The molecule has 1 atom stereocenters. The van der Waals surface area contributed by atoms with Crippen LogP contribution in [0, 0.1) is 0 Å². The molecule has 106 valence electrons. The molecule has 0 spiro atoms. The Labute approximate surface area is 115 Å². The van der Waals surface area contributed by atoms with E-state index >= 15 is 0 Å². The number of nitrogens with zero attached hydrogens (tertiary/aromatic N) is 2. The molecule has 4 heteroatoms. The second kappa shape index (κ2) is 6.89. The van der Waals surface area contributed by atoms with Crippen molar-refractivity contribution in [2.75, 3.05) is 46.4 Å². The van der Waals surface area contributed by atoms with Crippen molar-refractivity contribution in [3.63, 3.8) is 0 Å². The van der Waals surface area contributed by atoms with Crippen LogP contribution in [0.1, 0.15) is 18.6 Å². The summed E-state index contributed by atoms with van der Waals surface area (Å²) in [6, 6.07) is 7.75. The molecule has 1 aromatic rings. The SMILES string of the molecule is CCOc1ccc(C(O)CN2CCN(C)CC2)cc1. The van der Waals surface area contributed by atoms with Crippen molar-refractivity contribution in [1.82, 2.24) is 9.80 Å². The highest BCUT2D eigenvalue weighted by Gasteiger charge is 2.17. The Hall–Kier alpha value is -1.10. The van der Waals surface area contributed by atoms with Gasteiger partial charge in [0.25, 0.3) is 0 Å². The standard InChI is InChI=1S/C15H24N2O2/c1-3-19-14-6-4-13(5-7-14)15(18)12-17-10-8-16(2)9-11-17/h4-7,15,18H,3,8-12H2,1-2H3. The number of benzene rings is 1. The van der Waals surface area contributed by atoms with Crippen molar-refractivity contribution in [2.24, 2.45) is 0 Å². The van der Waals surface area contributed by atoms with Crippen molar-refractivity contribution in [3.05, 3.63) is 29.8 Å². The molecular formula is C15H24N2O2. The molecule has 0 amide bonds. The molecule has 1 aliphatic heterocycles. The van der Waals surface area contributed by atoms with Gasteiger partial charge in [-0.05, 0) is 31.7 Å². The maximum absolute atomic E-state index is 10.3. The van der Waals surface area contributed by atoms with Gasteiger partial charge in [-0.2, -0.15) is 0 Å². The lowest BCUT2D eigenvalue weighted by Gasteiger charge is -2.33. The third-order valence-corrected chi connectivity index (χ3v) is 3.60. The third kappa shape index (κ3) is 4.20. The van der Waals surface area contributed by atoms with Gasteiger partial charge in [-0.3, -0.25) is 4.90 Å². The van der Waals surface area contributed by atoms with Gasteiger partial charge in [0, 0.05) is 32.7 Å². The van der Waals surface area contributed by atoms with E-state index in [9.17, 15) is 5.11 Å². The molecule has 1 saturated heterocycles. The van der Waals surface area contributed by atoms with Crippen LogP contribution in [-0.4, -0.2) is 61.3 Å². The Kier molecular flexibility index (Phi) is 5.19. The van der Waals surface area contributed by atoms with Crippen molar-refractivity contribution in [3.8, 4) is 5.75 Å². The van der Waals surface area contributed by atoms with Gasteiger partial charge < -0.3 is 14.7 Å². The minimum atomic E-state index is -0.418. The van der Waals surface area contributed by atoms with Gasteiger partial charge in [0.05, 0.1) is 12.7 Å². The summed E-state index contributed by atoms with van der Waals surface area (Å²) in [5.41, 5.74) is 0.961. The second-order valence-electron chi connectivity index (χ2n) is 5.12. The summed E-state index contributed by atoms with van der Waals surface area (Å²) in [6.07, 6.45) is -0.418. The van der Waals surface area contributed by atoms with Crippen molar-refractivity contribution in [1.29, 1.82) is 0 Å². The molecule has 1 fully saturated rings. The topological polar surface area (TPSA) is 35.9 Å². The lowest BCUT2D eigenvalue weighted by molar-refractivity contribution is 0.0805. The van der Waals surface area contributed by atoms with Crippen LogP contribution in [0.5, 0.6) is 5.75 Å². The van der Waals surface area contributed by atoms with E-state index < -0.39 is 6.10 Å². The van der Waals surface area contributed by atoms with Crippen LogP contribution in [0.3, 0.4) is 0 Å². The molecule has 1 aromatic carbocycles. The molecule has 4 nitrogen and oxygen atoms in total. The molecule has 0 radical (unpaired) electrons. The highest BCUT2D eigenvalue weighted by atomic mass is 16.5. The third-order valence-electron chi connectivity index (χ3n) is 3.60. The molecule has 1 unspecified atom stereocenters. The minimum absolute atomic E-state index is 0.418. The van der Waals surface area contributed by atoms with Crippen LogP contribution < -0.4 is 4.74 Å². The van der Waals surface area contributed by atoms with Gasteiger partial charge in [-0.1, -0.05) is 12.1 Å². The monoisotopic (exact) mass is 264 g/mol. The first-order chi connectivity index (χ1) is 9.19. The van der Waals surface area contributed by atoms with Crippen LogP contribution in [-0.2, 0) is 0 Å². The Bertz CT molecular complexity index is 372. The lowest BCUT2D eigenvalue weighted by Crippen LogP contribution is -2.45. The Morgan fingerprint density at radius 2 is 1.79 bits per heavy atom. The zero-order valence-corrected chi connectivity index (χ0v) is 11.9. The number of hydrogen-bond donors (Lipinski definition) is 1. The number of aliphatic hydroxyl groups excluding tert-OH is 1. The minimum Gasteiger partial charge on any atom is -0.494 e. The summed E-state index contributed by atoms with van der Waals surface area (Å²) < 4.78 is 5.40. The summed E-state index contributed by atoms with van der Waals surface area (Å²) in [4.78, 5) is 4.64. The zero-order valence-electron chi connectivity index (χ0n) is 11.9. The number of piperazine rings is 1. The van der Waals surface area contributed by atoms with E-state index in [1.807, 2.05) is 31.2 Å². The average Bonchev–Trinajstić information content (AvgIpc) is 2.42. The highest BCUT2D eigenvalue weighted by Crippen LogP contribution is 2.19. The summed E-state index contributed by atoms with van der Waals surface area (Å²) in [5.74, 6) is 0.859. The molecule has 0 aromatic heterocycles. The van der Waals surface area contributed by atoms with E-state index in [0.29, 0.717) is 13.2 Å². The number of ether oxygens (including phenoxy) is 1. The Morgan fingerprint density at radius 1 is 1.16 bits per heavy atom. The van der Waals surface area contributed by atoms with Gasteiger partial charge in [-0.25, -0.2) is 0 Å². The van der Waals surface area contributed by atoms with Crippen LogP contribution in [0.2, 0.25) is 0 Å². The van der Waals surface area contributed by atoms with E-state index in [2.05, 4.69) is 16.8 Å². The Morgan fingerprint density at radius 3 is 2.37 bits per heavy atom. The fourth-order valence-corrected chi connectivity index (χ4v) is 2.33. The van der Waals surface area contributed by atoms with Gasteiger partial charge in [0.1, 0.15) is 5.75 Å². The molecule has 0 saturated carbocycles.